The zero-order chi connectivity index (χ0) is 16.4. The van der Waals surface area contributed by atoms with Gasteiger partial charge in [0.15, 0.2) is 5.82 Å². The van der Waals surface area contributed by atoms with Crippen molar-refractivity contribution in [1.29, 1.82) is 0 Å². The molecule has 0 bridgehead atoms. The molecule has 0 saturated carbocycles. The van der Waals surface area contributed by atoms with Crippen LogP contribution in [0.5, 0.6) is 0 Å². The van der Waals surface area contributed by atoms with Gasteiger partial charge in [0.25, 0.3) is 0 Å². The molecule has 2 heterocycles. The Morgan fingerprint density at radius 3 is 2.35 bits per heavy atom. The van der Waals surface area contributed by atoms with E-state index < -0.39 is 0 Å². The van der Waals surface area contributed by atoms with Crippen LogP contribution in [0.25, 0.3) is 11.4 Å². The highest BCUT2D eigenvalue weighted by Gasteiger charge is 2.18. The van der Waals surface area contributed by atoms with Crippen molar-refractivity contribution in [1.82, 2.24) is 19.7 Å². The quantitative estimate of drug-likeness (QED) is 0.863. The maximum absolute atomic E-state index is 5.43. The van der Waals surface area contributed by atoms with Crippen molar-refractivity contribution in [2.45, 2.75) is 13.0 Å². The largest absolute Gasteiger partial charge is 0.379 e. The smallest absolute Gasteiger partial charge is 0.223 e. The van der Waals surface area contributed by atoms with Crippen molar-refractivity contribution in [2.75, 3.05) is 45.3 Å². The second-order valence-corrected chi connectivity index (χ2v) is 6.20. The lowest BCUT2D eigenvalue weighted by atomic mass is 10.0. The minimum Gasteiger partial charge on any atom is -0.379 e. The van der Waals surface area contributed by atoms with E-state index in [0.717, 1.165) is 43.6 Å². The molecule has 124 valence electrons. The molecule has 3 rings (SSSR count). The molecule has 0 N–H and O–H groups in total. The van der Waals surface area contributed by atoms with Crippen LogP contribution in [0.2, 0.25) is 0 Å². The third-order valence-electron chi connectivity index (χ3n) is 4.38. The molecule has 1 aromatic carbocycles. The maximum atomic E-state index is 5.43. The van der Waals surface area contributed by atoms with E-state index in [1.54, 1.807) is 4.68 Å². The summed E-state index contributed by atoms with van der Waals surface area (Å²) in [6, 6.07) is 8.99. The Morgan fingerprint density at radius 2 is 1.78 bits per heavy atom. The van der Waals surface area contributed by atoms with Crippen LogP contribution in [0.1, 0.15) is 18.5 Å². The molecule has 1 aliphatic heterocycles. The number of aromatic nitrogens is 3. The summed E-state index contributed by atoms with van der Waals surface area (Å²) in [5.74, 6) is 1.62. The standard InChI is InChI=1S/C17H25N5O/c1-13(22-9-11-23-12-10-22)14-5-7-15(8-6-14)16-18-17(20(2)3)21(4)19-16/h5-8,13H,9-12H2,1-4H3. The number of ether oxygens (including phenoxy) is 1. The van der Waals surface area contributed by atoms with Gasteiger partial charge in [-0.05, 0) is 12.5 Å². The SMILES string of the molecule is CC(c1ccc(-c2nc(N(C)C)n(C)n2)cc1)N1CCOCC1. The molecule has 0 amide bonds. The lowest BCUT2D eigenvalue weighted by molar-refractivity contribution is 0.0198. The monoisotopic (exact) mass is 315 g/mol. The first kappa shape index (κ1) is 16.0. The Morgan fingerprint density at radius 1 is 1.13 bits per heavy atom. The first-order valence-corrected chi connectivity index (χ1v) is 8.07. The topological polar surface area (TPSA) is 46.4 Å². The van der Waals surface area contributed by atoms with Crippen molar-refractivity contribution in [2.24, 2.45) is 7.05 Å². The Hall–Kier alpha value is -1.92. The first-order valence-electron chi connectivity index (χ1n) is 8.07. The van der Waals surface area contributed by atoms with Crippen LogP contribution in [0.3, 0.4) is 0 Å². The van der Waals surface area contributed by atoms with E-state index in [1.165, 1.54) is 5.56 Å². The average molecular weight is 315 g/mol. The van der Waals surface area contributed by atoms with Gasteiger partial charge >= 0.3 is 0 Å². The van der Waals surface area contributed by atoms with E-state index in [2.05, 4.69) is 46.2 Å². The minimum absolute atomic E-state index is 0.405. The summed E-state index contributed by atoms with van der Waals surface area (Å²) in [4.78, 5) is 9.02. The Balaban J connectivity index is 1.77. The zero-order valence-electron chi connectivity index (χ0n) is 14.4. The summed E-state index contributed by atoms with van der Waals surface area (Å²) in [5.41, 5.74) is 2.37. The van der Waals surface area contributed by atoms with Gasteiger partial charge in [0.2, 0.25) is 5.95 Å². The molecule has 1 aromatic heterocycles. The second-order valence-electron chi connectivity index (χ2n) is 6.20. The predicted molar refractivity (Wildman–Crippen MR) is 91.6 cm³/mol. The number of anilines is 1. The van der Waals surface area contributed by atoms with Gasteiger partial charge in [0.1, 0.15) is 0 Å². The van der Waals surface area contributed by atoms with Gasteiger partial charge < -0.3 is 9.64 Å². The predicted octanol–water partition coefficient (Wildman–Crippen LogP) is 1.94. The minimum atomic E-state index is 0.405. The molecule has 6 nitrogen and oxygen atoms in total. The van der Waals surface area contributed by atoms with Crippen LogP contribution >= 0.6 is 0 Å². The molecular weight excluding hydrogens is 290 g/mol. The number of hydrogen-bond donors (Lipinski definition) is 0. The van der Waals surface area contributed by atoms with E-state index in [-0.39, 0.29) is 0 Å². The number of benzene rings is 1. The Kier molecular flexibility index (Phi) is 4.63. The third kappa shape index (κ3) is 3.38. The molecule has 1 atom stereocenters. The summed E-state index contributed by atoms with van der Waals surface area (Å²) >= 11 is 0. The third-order valence-corrected chi connectivity index (χ3v) is 4.38. The van der Waals surface area contributed by atoms with Crippen molar-refractivity contribution >= 4 is 5.95 Å². The molecule has 1 saturated heterocycles. The highest BCUT2D eigenvalue weighted by atomic mass is 16.5. The van der Waals surface area contributed by atoms with Crippen LogP contribution in [-0.2, 0) is 11.8 Å². The summed E-state index contributed by atoms with van der Waals surface area (Å²) in [6.45, 7) is 5.90. The average Bonchev–Trinajstić information content (AvgIpc) is 2.97. The van der Waals surface area contributed by atoms with Gasteiger partial charge in [-0.15, -0.1) is 5.10 Å². The van der Waals surface area contributed by atoms with Gasteiger partial charge in [-0.2, -0.15) is 4.98 Å². The van der Waals surface area contributed by atoms with Gasteiger partial charge in [0.05, 0.1) is 13.2 Å². The van der Waals surface area contributed by atoms with E-state index in [4.69, 9.17) is 4.74 Å². The molecule has 6 heteroatoms. The first-order chi connectivity index (χ1) is 11.1. The van der Waals surface area contributed by atoms with E-state index >= 15 is 0 Å². The molecule has 23 heavy (non-hydrogen) atoms. The van der Waals surface area contributed by atoms with Crippen LogP contribution in [0, 0.1) is 0 Å². The highest BCUT2D eigenvalue weighted by molar-refractivity contribution is 5.57. The summed E-state index contributed by atoms with van der Waals surface area (Å²) in [7, 11) is 5.86. The van der Waals surface area contributed by atoms with Gasteiger partial charge in [-0.1, -0.05) is 24.3 Å². The maximum Gasteiger partial charge on any atom is 0.223 e. The lowest BCUT2D eigenvalue weighted by Crippen LogP contribution is -2.37. The molecule has 1 fully saturated rings. The number of nitrogens with zero attached hydrogens (tertiary/aromatic N) is 5. The second kappa shape index (κ2) is 6.68. The highest BCUT2D eigenvalue weighted by Crippen LogP contribution is 2.24. The fraction of sp³-hybridized carbons (Fsp3) is 0.529. The summed E-state index contributed by atoms with van der Waals surface area (Å²) in [5, 5.41) is 4.50. The van der Waals surface area contributed by atoms with Gasteiger partial charge in [-0.25, -0.2) is 4.68 Å². The fourth-order valence-electron chi connectivity index (χ4n) is 2.97. The van der Waals surface area contributed by atoms with Crippen molar-refractivity contribution in [3.8, 4) is 11.4 Å². The van der Waals surface area contributed by atoms with E-state index in [9.17, 15) is 0 Å². The number of aryl methyl sites for hydroxylation is 1. The van der Waals surface area contributed by atoms with E-state index in [0.29, 0.717) is 6.04 Å². The van der Waals surface area contributed by atoms with Gasteiger partial charge in [0, 0.05) is 45.8 Å². The molecule has 0 spiro atoms. The number of rotatable bonds is 4. The Bertz CT molecular complexity index is 644. The van der Waals surface area contributed by atoms with Crippen molar-refractivity contribution < 1.29 is 4.74 Å². The molecule has 2 aromatic rings. The Labute approximate surface area is 137 Å². The summed E-state index contributed by atoms with van der Waals surface area (Å²) < 4.78 is 7.24. The van der Waals surface area contributed by atoms with Crippen molar-refractivity contribution in [3.05, 3.63) is 29.8 Å². The van der Waals surface area contributed by atoms with Crippen molar-refractivity contribution in [3.63, 3.8) is 0 Å². The summed E-state index contributed by atoms with van der Waals surface area (Å²) in [6.07, 6.45) is 0. The van der Waals surface area contributed by atoms with Gasteiger partial charge in [-0.3, -0.25) is 4.90 Å². The fourth-order valence-corrected chi connectivity index (χ4v) is 2.97. The number of hydrogen-bond acceptors (Lipinski definition) is 5. The van der Waals surface area contributed by atoms with Crippen LogP contribution in [0.15, 0.2) is 24.3 Å². The van der Waals surface area contributed by atoms with Crippen LogP contribution in [0.4, 0.5) is 5.95 Å². The molecule has 0 aliphatic carbocycles. The molecular formula is C17H25N5O. The molecule has 0 radical (unpaired) electrons. The molecule has 1 unspecified atom stereocenters. The van der Waals surface area contributed by atoms with Crippen LogP contribution < -0.4 is 4.90 Å². The number of morpholine rings is 1. The lowest BCUT2D eigenvalue weighted by Gasteiger charge is -2.32. The normalized spacial score (nSPS) is 17.2. The molecule has 1 aliphatic rings. The van der Waals surface area contributed by atoms with Crippen LogP contribution in [-0.4, -0.2) is 60.1 Å². The zero-order valence-corrected chi connectivity index (χ0v) is 14.4. The van der Waals surface area contributed by atoms with E-state index in [1.807, 2.05) is 26.0 Å².